The normalized spacial score (nSPS) is 22.7. The molecule has 1 aromatic rings. The van der Waals surface area contributed by atoms with Crippen molar-refractivity contribution >= 4 is 16.0 Å². The van der Waals surface area contributed by atoms with E-state index >= 15 is 0 Å². The van der Waals surface area contributed by atoms with Gasteiger partial charge in [-0.3, -0.25) is 9.78 Å². The molecule has 1 aromatic heterocycles. The molecule has 1 fully saturated rings. The van der Waals surface area contributed by atoms with Crippen LogP contribution in [0.1, 0.15) is 31.2 Å². The number of methoxy groups -OCH3 is 1. The maximum absolute atomic E-state index is 12.5. The Morgan fingerprint density at radius 3 is 2.86 bits per heavy atom. The average Bonchev–Trinajstić information content (AvgIpc) is 2.53. The summed E-state index contributed by atoms with van der Waals surface area (Å²) >= 11 is 0. The van der Waals surface area contributed by atoms with Crippen molar-refractivity contribution < 1.29 is 17.9 Å². The summed E-state index contributed by atoms with van der Waals surface area (Å²) in [5, 5.41) is -0.713. The third-order valence-corrected chi connectivity index (χ3v) is 5.71. The molecular formula is C14H20N2O4S. The minimum Gasteiger partial charge on any atom is -0.469 e. The monoisotopic (exact) mass is 312 g/mol. The Morgan fingerprint density at radius 1 is 1.43 bits per heavy atom. The molecule has 0 bridgehead atoms. The van der Waals surface area contributed by atoms with Crippen LogP contribution in [0, 0.1) is 5.92 Å². The van der Waals surface area contributed by atoms with Crippen molar-refractivity contribution in [2.45, 2.75) is 37.5 Å². The zero-order chi connectivity index (χ0) is 15.3. The number of rotatable bonds is 5. The highest BCUT2D eigenvalue weighted by Gasteiger charge is 2.40. The van der Waals surface area contributed by atoms with E-state index in [1.807, 2.05) is 0 Å². The number of ether oxygens (including phenoxy) is 1. The van der Waals surface area contributed by atoms with Gasteiger partial charge >= 0.3 is 5.97 Å². The number of sulfonamides is 1. The second kappa shape index (κ2) is 7.00. The van der Waals surface area contributed by atoms with Crippen LogP contribution in [-0.2, 0) is 26.1 Å². The lowest BCUT2D eigenvalue weighted by Gasteiger charge is -2.29. The van der Waals surface area contributed by atoms with Crippen LogP contribution >= 0.6 is 0 Å². The predicted octanol–water partition coefficient (Wildman–Crippen LogP) is 1.23. The average molecular weight is 312 g/mol. The van der Waals surface area contributed by atoms with E-state index in [2.05, 4.69) is 9.71 Å². The summed E-state index contributed by atoms with van der Waals surface area (Å²) in [6.45, 7) is 0.181. The lowest BCUT2D eigenvalue weighted by atomic mass is 9.89. The molecule has 1 aliphatic rings. The Kier molecular flexibility index (Phi) is 5.30. The molecular weight excluding hydrogens is 292 g/mol. The van der Waals surface area contributed by atoms with Crippen molar-refractivity contribution in [3.8, 4) is 0 Å². The number of nitrogens with zero attached hydrogens (tertiary/aromatic N) is 1. The Bertz CT molecular complexity index is 574. The highest BCUT2D eigenvalue weighted by atomic mass is 32.2. The molecule has 1 aliphatic carbocycles. The number of hydrogen-bond acceptors (Lipinski definition) is 5. The zero-order valence-corrected chi connectivity index (χ0v) is 12.8. The van der Waals surface area contributed by atoms with Crippen molar-refractivity contribution in [3.05, 3.63) is 30.1 Å². The van der Waals surface area contributed by atoms with Gasteiger partial charge in [-0.25, -0.2) is 13.1 Å². The first-order chi connectivity index (χ1) is 10.0. The van der Waals surface area contributed by atoms with E-state index < -0.39 is 27.2 Å². The van der Waals surface area contributed by atoms with Gasteiger partial charge in [0.15, 0.2) is 0 Å². The summed E-state index contributed by atoms with van der Waals surface area (Å²) in [6.07, 6.45) is 5.96. The number of pyridine rings is 1. The van der Waals surface area contributed by atoms with Gasteiger partial charge < -0.3 is 4.74 Å². The molecule has 0 aliphatic heterocycles. The molecule has 0 radical (unpaired) electrons. The summed E-state index contributed by atoms with van der Waals surface area (Å²) in [5.74, 6) is -1.01. The van der Waals surface area contributed by atoms with E-state index in [0.717, 1.165) is 18.4 Å². The lowest BCUT2D eigenvalue weighted by molar-refractivity contribution is -0.146. The number of nitrogens with one attached hydrogen (secondary N) is 1. The van der Waals surface area contributed by atoms with Gasteiger partial charge in [-0.05, 0) is 24.5 Å². The molecule has 1 N–H and O–H groups in total. The number of esters is 1. The molecule has 2 atom stereocenters. The van der Waals surface area contributed by atoms with Crippen LogP contribution < -0.4 is 4.72 Å². The van der Waals surface area contributed by atoms with Gasteiger partial charge in [0.2, 0.25) is 10.0 Å². The molecule has 1 saturated carbocycles. The Balaban J connectivity index is 2.07. The van der Waals surface area contributed by atoms with E-state index in [1.54, 1.807) is 24.5 Å². The number of aromatic nitrogens is 1. The fraction of sp³-hybridized carbons (Fsp3) is 0.571. The Labute approximate surface area is 125 Å². The first-order valence-electron chi connectivity index (χ1n) is 7.00. The fourth-order valence-electron chi connectivity index (χ4n) is 2.68. The first kappa shape index (κ1) is 15.9. The van der Waals surface area contributed by atoms with Crippen LogP contribution in [0.3, 0.4) is 0 Å². The van der Waals surface area contributed by atoms with E-state index in [4.69, 9.17) is 4.74 Å². The van der Waals surface area contributed by atoms with Gasteiger partial charge in [0.1, 0.15) is 0 Å². The minimum atomic E-state index is -3.56. The van der Waals surface area contributed by atoms with Gasteiger partial charge in [-0.2, -0.15) is 0 Å². The Hall–Kier alpha value is -1.47. The third-order valence-electron chi connectivity index (χ3n) is 3.81. The Morgan fingerprint density at radius 2 is 2.19 bits per heavy atom. The summed E-state index contributed by atoms with van der Waals surface area (Å²) in [5.41, 5.74) is 0.784. The summed E-state index contributed by atoms with van der Waals surface area (Å²) in [7, 11) is -2.27. The van der Waals surface area contributed by atoms with Crippen LogP contribution in [0.15, 0.2) is 24.5 Å². The molecule has 0 unspecified atom stereocenters. The van der Waals surface area contributed by atoms with E-state index in [-0.39, 0.29) is 6.54 Å². The SMILES string of the molecule is COC(=O)[C@@H]1CCCC[C@@H]1S(=O)(=O)NCc1cccnc1. The van der Waals surface area contributed by atoms with E-state index in [9.17, 15) is 13.2 Å². The van der Waals surface area contributed by atoms with Gasteiger partial charge in [0.05, 0.1) is 18.3 Å². The smallest absolute Gasteiger partial charge is 0.310 e. The van der Waals surface area contributed by atoms with Crippen molar-refractivity contribution in [2.24, 2.45) is 5.92 Å². The van der Waals surface area contributed by atoms with Gasteiger partial charge in [-0.15, -0.1) is 0 Å². The molecule has 21 heavy (non-hydrogen) atoms. The van der Waals surface area contributed by atoms with Crippen LogP contribution in [0.25, 0.3) is 0 Å². The largest absolute Gasteiger partial charge is 0.469 e. The molecule has 1 heterocycles. The second-order valence-corrected chi connectivity index (χ2v) is 7.16. The zero-order valence-electron chi connectivity index (χ0n) is 12.0. The molecule has 0 spiro atoms. The van der Waals surface area contributed by atoms with Crippen molar-refractivity contribution in [1.82, 2.24) is 9.71 Å². The van der Waals surface area contributed by atoms with Gasteiger partial charge in [0.25, 0.3) is 0 Å². The quantitative estimate of drug-likeness (QED) is 0.827. The summed E-state index contributed by atoms with van der Waals surface area (Å²) < 4.78 is 32.2. The molecule has 7 heteroatoms. The maximum atomic E-state index is 12.5. The molecule has 0 aromatic carbocycles. The summed E-state index contributed by atoms with van der Waals surface area (Å²) in [4.78, 5) is 15.7. The number of carbonyl (C=O) groups excluding carboxylic acids is 1. The van der Waals surface area contributed by atoms with Crippen LogP contribution in [0.4, 0.5) is 0 Å². The second-order valence-electron chi connectivity index (χ2n) is 5.18. The highest BCUT2D eigenvalue weighted by Crippen LogP contribution is 2.30. The van der Waals surface area contributed by atoms with Crippen molar-refractivity contribution in [2.75, 3.05) is 7.11 Å². The minimum absolute atomic E-state index is 0.181. The first-order valence-corrected chi connectivity index (χ1v) is 8.54. The molecule has 0 amide bonds. The van der Waals surface area contributed by atoms with E-state index in [0.29, 0.717) is 12.8 Å². The number of carbonyl (C=O) groups is 1. The van der Waals surface area contributed by atoms with Crippen LogP contribution in [0.5, 0.6) is 0 Å². The highest BCUT2D eigenvalue weighted by molar-refractivity contribution is 7.90. The standard InChI is InChI=1S/C14H20N2O4S/c1-20-14(17)12-6-2-3-7-13(12)21(18,19)16-10-11-5-4-8-15-9-11/h4-5,8-9,12-13,16H,2-3,6-7,10H2,1H3/t12-,13+/m1/s1. The van der Waals surface area contributed by atoms with Gasteiger partial charge in [0, 0.05) is 18.9 Å². The molecule has 0 saturated heterocycles. The predicted molar refractivity (Wildman–Crippen MR) is 77.8 cm³/mol. The summed E-state index contributed by atoms with van der Waals surface area (Å²) in [6, 6.07) is 3.55. The lowest BCUT2D eigenvalue weighted by Crippen LogP contribution is -2.43. The maximum Gasteiger partial charge on any atom is 0.310 e. The van der Waals surface area contributed by atoms with Crippen LogP contribution in [-0.4, -0.2) is 31.7 Å². The van der Waals surface area contributed by atoms with Crippen molar-refractivity contribution in [3.63, 3.8) is 0 Å². The molecule has 6 nitrogen and oxygen atoms in total. The van der Waals surface area contributed by atoms with E-state index in [1.165, 1.54) is 7.11 Å². The third kappa shape index (κ3) is 4.01. The number of hydrogen-bond donors (Lipinski definition) is 1. The van der Waals surface area contributed by atoms with Crippen LogP contribution in [0.2, 0.25) is 0 Å². The molecule has 116 valence electrons. The molecule has 2 rings (SSSR count). The van der Waals surface area contributed by atoms with Gasteiger partial charge in [-0.1, -0.05) is 18.9 Å². The van der Waals surface area contributed by atoms with Crippen molar-refractivity contribution in [1.29, 1.82) is 0 Å². The topological polar surface area (TPSA) is 85.4 Å². The fourth-order valence-corrected chi connectivity index (χ4v) is 4.42.